The van der Waals surface area contributed by atoms with Gasteiger partial charge in [-0.25, -0.2) is 9.59 Å². The first kappa shape index (κ1) is 24.6. The summed E-state index contributed by atoms with van der Waals surface area (Å²) >= 11 is 0. The molecule has 0 amide bonds. The third-order valence-corrected chi connectivity index (χ3v) is 8.36. The van der Waals surface area contributed by atoms with Crippen LogP contribution in [0.5, 0.6) is 11.5 Å². The van der Waals surface area contributed by atoms with Gasteiger partial charge in [0.2, 0.25) is 0 Å². The van der Waals surface area contributed by atoms with Gasteiger partial charge in [-0.2, -0.15) is 0 Å². The van der Waals surface area contributed by atoms with Gasteiger partial charge in [0.05, 0.1) is 11.1 Å². The van der Waals surface area contributed by atoms with Crippen molar-refractivity contribution in [1.82, 2.24) is 14.9 Å². The Kier molecular flexibility index (Phi) is 5.96. The molecule has 3 aromatic rings. The molecule has 5 atom stereocenters. The minimum atomic E-state index is -0.590. The zero-order valence-corrected chi connectivity index (χ0v) is 21.5. The van der Waals surface area contributed by atoms with Crippen molar-refractivity contribution < 1.29 is 23.8 Å². The standard InChI is InChI=1S/C29H25N3O5.ClH/c1-32-13-10-29-20-7-9-23(36-28(34)19-5-3-12-31-16-19)26(29)37-25-22(8-6-17(24(25)29)14-21(20)32)35-27(33)18-4-2-11-30-15-18;/h2-9,11-12,15-16,20-21,23,26H,10,13-14H2,1H3;1H/t20-,21?,23-,26-,29-;/m0./s1. The number of carbonyl (C=O) groups is 2. The molecule has 194 valence electrons. The number of carbonyl (C=O) groups excluding carboxylic acids is 2. The van der Waals surface area contributed by atoms with E-state index in [1.165, 1.54) is 18.0 Å². The molecule has 9 heteroatoms. The molecule has 0 saturated carbocycles. The van der Waals surface area contributed by atoms with Crippen molar-refractivity contribution in [2.45, 2.75) is 36.5 Å². The van der Waals surface area contributed by atoms with Crippen LogP contribution in [-0.2, 0) is 16.6 Å². The predicted molar refractivity (Wildman–Crippen MR) is 140 cm³/mol. The van der Waals surface area contributed by atoms with E-state index < -0.39 is 24.1 Å². The zero-order valence-electron chi connectivity index (χ0n) is 20.7. The number of likely N-dealkylation sites (tertiary alicyclic amines) is 1. The lowest BCUT2D eigenvalue weighted by molar-refractivity contribution is -0.0555. The first-order chi connectivity index (χ1) is 18.1. The third kappa shape index (κ3) is 3.55. The maximum atomic E-state index is 13.0. The van der Waals surface area contributed by atoms with Gasteiger partial charge in [-0.3, -0.25) is 9.97 Å². The van der Waals surface area contributed by atoms with Crippen molar-refractivity contribution in [3.05, 3.63) is 95.6 Å². The molecule has 1 spiro atoms. The lowest BCUT2D eigenvalue weighted by Gasteiger charge is -2.56. The Morgan fingerprint density at radius 1 is 1.03 bits per heavy atom. The smallest absolute Gasteiger partial charge is 0.345 e. The van der Waals surface area contributed by atoms with E-state index in [1.54, 1.807) is 36.7 Å². The number of likely N-dealkylation sites (N-methyl/N-ethyl adjacent to an activating group) is 1. The maximum Gasteiger partial charge on any atom is 0.345 e. The van der Waals surface area contributed by atoms with Crippen molar-refractivity contribution in [1.29, 1.82) is 0 Å². The average Bonchev–Trinajstić information content (AvgIpc) is 3.29. The number of rotatable bonds is 4. The van der Waals surface area contributed by atoms with Crippen LogP contribution in [0.3, 0.4) is 0 Å². The lowest BCUT2D eigenvalue weighted by Crippen LogP contribution is -2.65. The summed E-state index contributed by atoms with van der Waals surface area (Å²) in [5.41, 5.74) is 2.67. The number of esters is 2. The molecule has 2 aromatic heterocycles. The molecule has 7 rings (SSSR count). The number of nitrogens with zero attached hydrogens (tertiary/aromatic N) is 3. The Bertz CT molecular complexity index is 1430. The first-order valence-electron chi connectivity index (χ1n) is 12.5. The molecule has 38 heavy (non-hydrogen) atoms. The fourth-order valence-corrected chi connectivity index (χ4v) is 6.71. The highest BCUT2D eigenvalue weighted by molar-refractivity contribution is 5.91. The maximum absolute atomic E-state index is 13.0. The van der Waals surface area contributed by atoms with Crippen LogP contribution in [0.1, 0.15) is 38.3 Å². The number of halogens is 1. The number of ether oxygens (including phenoxy) is 3. The van der Waals surface area contributed by atoms with Gasteiger partial charge in [-0.05, 0) is 68.4 Å². The molecule has 1 aromatic carbocycles. The van der Waals surface area contributed by atoms with Crippen LogP contribution in [0.2, 0.25) is 0 Å². The zero-order chi connectivity index (χ0) is 25.1. The second-order valence-corrected chi connectivity index (χ2v) is 10.2. The number of benzene rings is 1. The summed E-state index contributed by atoms with van der Waals surface area (Å²) in [5, 5.41) is 0. The van der Waals surface area contributed by atoms with Crippen molar-refractivity contribution in [2.75, 3.05) is 13.6 Å². The van der Waals surface area contributed by atoms with Gasteiger partial charge in [0.15, 0.2) is 17.6 Å². The van der Waals surface area contributed by atoms with Crippen molar-refractivity contribution in [3.63, 3.8) is 0 Å². The number of hydrogen-bond donors (Lipinski definition) is 0. The molecular weight excluding hydrogens is 506 g/mol. The van der Waals surface area contributed by atoms with E-state index >= 15 is 0 Å². The Morgan fingerprint density at radius 2 is 1.76 bits per heavy atom. The number of hydrogen-bond acceptors (Lipinski definition) is 8. The average molecular weight is 532 g/mol. The fraction of sp³-hybridized carbons (Fsp3) is 0.310. The Labute approximate surface area is 226 Å². The van der Waals surface area contributed by atoms with Gasteiger partial charge in [-0.15, -0.1) is 12.4 Å². The molecule has 1 saturated heterocycles. The van der Waals surface area contributed by atoms with Crippen LogP contribution in [0.25, 0.3) is 0 Å². The van der Waals surface area contributed by atoms with Crippen LogP contribution in [0, 0.1) is 5.92 Å². The minimum Gasteiger partial charge on any atom is -0.481 e. The van der Waals surface area contributed by atoms with E-state index in [0.29, 0.717) is 28.7 Å². The summed E-state index contributed by atoms with van der Waals surface area (Å²) in [4.78, 5) is 36.4. The molecule has 1 unspecified atom stereocenters. The Balaban J connectivity index is 0.00000264. The summed E-state index contributed by atoms with van der Waals surface area (Å²) in [6.07, 6.45) is 11.1. The molecule has 2 bridgehead atoms. The number of aromatic nitrogens is 2. The van der Waals surface area contributed by atoms with Crippen molar-refractivity contribution >= 4 is 24.3 Å². The topological polar surface area (TPSA) is 90.9 Å². The van der Waals surface area contributed by atoms with Crippen LogP contribution in [0.4, 0.5) is 0 Å². The highest BCUT2D eigenvalue weighted by atomic mass is 35.5. The number of pyridine rings is 2. The van der Waals surface area contributed by atoms with Gasteiger partial charge in [-0.1, -0.05) is 12.1 Å². The van der Waals surface area contributed by atoms with E-state index in [-0.39, 0.29) is 23.7 Å². The van der Waals surface area contributed by atoms with E-state index in [0.717, 1.165) is 24.9 Å². The molecule has 4 heterocycles. The third-order valence-electron chi connectivity index (χ3n) is 8.36. The van der Waals surface area contributed by atoms with Gasteiger partial charge < -0.3 is 19.1 Å². The molecular formula is C29H26ClN3O5. The second-order valence-electron chi connectivity index (χ2n) is 10.2. The van der Waals surface area contributed by atoms with E-state index in [1.807, 2.05) is 12.1 Å². The normalized spacial score (nSPS) is 27.9. The van der Waals surface area contributed by atoms with Crippen molar-refractivity contribution in [3.8, 4) is 11.5 Å². The molecule has 2 aliphatic carbocycles. The summed E-state index contributed by atoms with van der Waals surface area (Å²) in [7, 11) is 2.17. The monoisotopic (exact) mass is 531 g/mol. The fourth-order valence-electron chi connectivity index (χ4n) is 6.71. The first-order valence-corrected chi connectivity index (χ1v) is 12.5. The van der Waals surface area contributed by atoms with Crippen molar-refractivity contribution in [2.24, 2.45) is 5.92 Å². The molecule has 1 fully saturated rings. The van der Waals surface area contributed by atoms with Crippen LogP contribution < -0.4 is 9.47 Å². The highest BCUT2D eigenvalue weighted by Crippen LogP contribution is 2.62. The van der Waals surface area contributed by atoms with Gasteiger partial charge in [0.1, 0.15) is 6.10 Å². The quantitative estimate of drug-likeness (QED) is 0.285. The van der Waals surface area contributed by atoms with Crippen LogP contribution in [-0.4, -0.2) is 58.6 Å². The molecule has 8 nitrogen and oxygen atoms in total. The van der Waals surface area contributed by atoms with Gasteiger partial charge in [0, 0.05) is 47.7 Å². The molecule has 0 N–H and O–H groups in total. The highest BCUT2D eigenvalue weighted by Gasteiger charge is 2.65. The van der Waals surface area contributed by atoms with Gasteiger partial charge >= 0.3 is 11.9 Å². The van der Waals surface area contributed by atoms with E-state index in [9.17, 15) is 9.59 Å². The molecule has 4 aliphatic rings. The summed E-state index contributed by atoms with van der Waals surface area (Å²) in [6.45, 7) is 0.900. The van der Waals surface area contributed by atoms with Gasteiger partial charge in [0.25, 0.3) is 0 Å². The SMILES string of the molecule is CN1CC[C@]23c4c5ccc(OC(=O)c6cccnc6)c4O[C@H]2[C@@H](OC(=O)c2cccnc2)C=C[C@H]3C1C5.Cl. The largest absolute Gasteiger partial charge is 0.481 e. The Morgan fingerprint density at radius 3 is 2.47 bits per heavy atom. The second kappa shape index (κ2) is 9.22. The Hall–Kier alpha value is -3.75. The minimum absolute atomic E-state index is 0. The summed E-state index contributed by atoms with van der Waals surface area (Å²) in [5.74, 6) is 0.221. The molecule has 0 radical (unpaired) electrons. The summed E-state index contributed by atoms with van der Waals surface area (Å²) < 4.78 is 18.5. The van der Waals surface area contributed by atoms with Crippen LogP contribution in [0.15, 0.2) is 73.3 Å². The number of piperidine rings is 1. The predicted octanol–water partition coefficient (Wildman–Crippen LogP) is 3.79. The van der Waals surface area contributed by atoms with E-state index in [2.05, 4.69) is 34.1 Å². The lowest BCUT2D eigenvalue weighted by atomic mass is 9.53. The summed E-state index contributed by atoms with van der Waals surface area (Å²) in [6, 6.07) is 10.9. The van der Waals surface area contributed by atoms with Crippen LogP contribution >= 0.6 is 12.4 Å². The molecule has 2 aliphatic heterocycles. The van der Waals surface area contributed by atoms with E-state index in [4.69, 9.17) is 14.2 Å².